The third kappa shape index (κ3) is 3.94. The standard InChI is InChI=1S/C22H15N3O3S2/c23-12-16-2-1-3-19(10-16)30(27,28)18-6-4-15(5-7-18)13-25-22(26)20-11-17-8-9-24-14-21(17)29-20/h1-11,14H,13H2,(H,25,26). The van der Waals surface area contributed by atoms with E-state index in [2.05, 4.69) is 10.3 Å². The van der Waals surface area contributed by atoms with Crippen LogP contribution in [0.15, 0.2) is 82.8 Å². The van der Waals surface area contributed by atoms with Gasteiger partial charge in [-0.25, -0.2) is 8.42 Å². The number of carbonyl (C=O) groups is 1. The zero-order chi connectivity index (χ0) is 21.1. The van der Waals surface area contributed by atoms with E-state index < -0.39 is 9.84 Å². The SMILES string of the molecule is N#Cc1cccc(S(=O)(=O)c2ccc(CNC(=O)c3cc4ccncc4s3)cc2)c1. The highest BCUT2D eigenvalue weighted by Crippen LogP contribution is 2.25. The average Bonchev–Trinajstić information content (AvgIpc) is 3.22. The molecule has 0 saturated heterocycles. The minimum atomic E-state index is -3.72. The van der Waals surface area contributed by atoms with Crippen molar-refractivity contribution in [3.63, 3.8) is 0 Å². The molecule has 2 heterocycles. The first-order chi connectivity index (χ1) is 14.5. The molecule has 148 valence electrons. The van der Waals surface area contributed by atoms with E-state index in [9.17, 15) is 13.2 Å². The fourth-order valence-corrected chi connectivity index (χ4v) is 5.17. The molecule has 0 fully saturated rings. The van der Waals surface area contributed by atoms with Gasteiger partial charge in [-0.3, -0.25) is 9.78 Å². The van der Waals surface area contributed by atoms with Crippen molar-refractivity contribution < 1.29 is 13.2 Å². The minimum Gasteiger partial charge on any atom is -0.347 e. The molecule has 0 aliphatic heterocycles. The number of nitrogens with one attached hydrogen (secondary N) is 1. The molecule has 2 aromatic carbocycles. The number of thiophene rings is 1. The normalized spacial score (nSPS) is 11.2. The van der Waals surface area contributed by atoms with Crippen LogP contribution >= 0.6 is 11.3 Å². The summed E-state index contributed by atoms with van der Waals surface area (Å²) in [4.78, 5) is 17.3. The Morgan fingerprint density at radius 2 is 1.87 bits per heavy atom. The molecule has 2 aromatic heterocycles. The summed E-state index contributed by atoms with van der Waals surface area (Å²) in [6, 6.07) is 17.9. The van der Waals surface area contributed by atoms with Gasteiger partial charge in [-0.1, -0.05) is 18.2 Å². The van der Waals surface area contributed by atoms with Crippen molar-refractivity contribution in [1.82, 2.24) is 10.3 Å². The van der Waals surface area contributed by atoms with Crippen LogP contribution in [0.3, 0.4) is 0 Å². The number of nitriles is 1. The van der Waals surface area contributed by atoms with Crippen molar-refractivity contribution in [3.05, 3.63) is 89.1 Å². The Hall–Kier alpha value is -3.54. The maximum Gasteiger partial charge on any atom is 0.261 e. The number of rotatable bonds is 5. The molecular formula is C22H15N3O3S2. The van der Waals surface area contributed by atoms with Crippen LogP contribution in [0.5, 0.6) is 0 Å². The predicted molar refractivity (Wildman–Crippen MR) is 114 cm³/mol. The lowest BCUT2D eigenvalue weighted by molar-refractivity contribution is 0.0955. The number of pyridine rings is 1. The van der Waals surface area contributed by atoms with Gasteiger partial charge in [-0.05, 0) is 53.4 Å². The van der Waals surface area contributed by atoms with Gasteiger partial charge in [0.1, 0.15) is 0 Å². The second kappa shape index (κ2) is 8.06. The van der Waals surface area contributed by atoms with Gasteiger partial charge < -0.3 is 5.32 Å². The number of carbonyl (C=O) groups excluding carboxylic acids is 1. The molecule has 0 aliphatic rings. The molecule has 0 atom stereocenters. The van der Waals surface area contributed by atoms with Gasteiger partial charge in [0.05, 0.1) is 31.0 Å². The van der Waals surface area contributed by atoms with Crippen molar-refractivity contribution in [2.75, 3.05) is 0 Å². The molecule has 4 rings (SSSR count). The van der Waals surface area contributed by atoms with Gasteiger partial charge in [-0.2, -0.15) is 5.26 Å². The molecule has 8 heteroatoms. The van der Waals surface area contributed by atoms with E-state index in [4.69, 9.17) is 5.26 Å². The Morgan fingerprint density at radius 1 is 1.07 bits per heavy atom. The molecule has 0 radical (unpaired) electrons. The molecule has 6 nitrogen and oxygen atoms in total. The van der Waals surface area contributed by atoms with Crippen LogP contribution in [0.25, 0.3) is 10.1 Å². The van der Waals surface area contributed by atoms with E-state index in [-0.39, 0.29) is 27.8 Å². The molecule has 0 spiro atoms. The van der Waals surface area contributed by atoms with E-state index in [0.717, 1.165) is 15.6 Å². The molecule has 30 heavy (non-hydrogen) atoms. The van der Waals surface area contributed by atoms with E-state index >= 15 is 0 Å². The Labute approximate surface area is 177 Å². The summed E-state index contributed by atoms with van der Waals surface area (Å²) in [6.45, 7) is 0.273. The van der Waals surface area contributed by atoms with E-state index in [1.165, 1.54) is 35.6 Å². The quantitative estimate of drug-likeness (QED) is 0.514. The zero-order valence-corrected chi connectivity index (χ0v) is 17.2. The van der Waals surface area contributed by atoms with Crippen molar-refractivity contribution in [2.45, 2.75) is 16.3 Å². The summed E-state index contributed by atoms with van der Waals surface area (Å²) < 4.78 is 26.5. The predicted octanol–water partition coefficient (Wildman–Crippen LogP) is 3.93. The average molecular weight is 434 g/mol. The van der Waals surface area contributed by atoms with Gasteiger partial charge in [0.2, 0.25) is 9.84 Å². The summed E-state index contributed by atoms with van der Waals surface area (Å²) in [5.41, 5.74) is 1.06. The highest BCUT2D eigenvalue weighted by atomic mass is 32.2. The zero-order valence-electron chi connectivity index (χ0n) is 15.6. The Kier molecular flexibility index (Phi) is 5.31. The van der Waals surface area contributed by atoms with Gasteiger partial charge >= 0.3 is 0 Å². The number of fused-ring (bicyclic) bond motifs is 1. The Balaban J connectivity index is 1.47. The fraction of sp³-hybridized carbons (Fsp3) is 0.0455. The third-order valence-corrected chi connectivity index (χ3v) is 7.36. The first kappa shape index (κ1) is 19.8. The summed E-state index contributed by atoms with van der Waals surface area (Å²) in [5.74, 6) is -0.193. The number of hydrogen-bond acceptors (Lipinski definition) is 6. The van der Waals surface area contributed by atoms with Gasteiger partial charge in [0.25, 0.3) is 5.91 Å². The number of sulfone groups is 1. The van der Waals surface area contributed by atoms with E-state index in [1.807, 2.05) is 18.2 Å². The lowest BCUT2D eigenvalue weighted by Gasteiger charge is -2.07. The maximum absolute atomic E-state index is 12.8. The highest BCUT2D eigenvalue weighted by molar-refractivity contribution is 7.91. The van der Waals surface area contributed by atoms with Crippen LogP contribution in [-0.2, 0) is 16.4 Å². The summed E-state index contributed by atoms with van der Waals surface area (Å²) in [6.07, 6.45) is 3.41. The van der Waals surface area contributed by atoms with E-state index in [1.54, 1.807) is 36.7 Å². The number of aromatic nitrogens is 1. The van der Waals surface area contributed by atoms with E-state index in [0.29, 0.717) is 4.88 Å². The van der Waals surface area contributed by atoms with Crippen LogP contribution < -0.4 is 5.32 Å². The van der Waals surface area contributed by atoms with Crippen LogP contribution in [0.4, 0.5) is 0 Å². The molecule has 0 saturated carbocycles. The molecule has 0 aliphatic carbocycles. The van der Waals surface area contributed by atoms with Gasteiger partial charge in [-0.15, -0.1) is 11.3 Å². The molecule has 4 aromatic rings. The molecular weight excluding hydrogens is 418 g/mol. The number of amides is 1. The molecule has 0 bridgehead atoms. The van der Waals surface area contributed by atoms with Crippen LogP contribution in [0.1, 0.15) is 20.8 Å². The first-order valence-corrected chi connectivity index (χ1v) is 11.2. The summed E-state index contributed by atoms with van der Waals surface area (Å²) in [5, 5.41) is 12.8. The largest absolute Gasteiger partial charge is 0.347 e. The lowest BCUT2D eigenvalue weighted by atomic mass is 10.2. The van der Waals surface area contributed by atoms with Crippen LogP contribution in [-0.4, -0.2) is 19.3 Å². The van der Waals surface area contributed by atoms with Crippen LogP contribution in [0, 0.1) is 11.3 Å². The molecule has 1 amide bonds. The molecule has 0 unspecified atom stereocenters. The summed E-state index contributed by atoms with van der Waals surface area (Å²) in [7, 11) is -3.72. The number of hydrogen-bond donors (Lipinski definition) is 1. The van der Waals surface area contributed by atoms with Crippen molar-refractivity contribution >= 4 is 37.2 Å². The minimum absolute atomic E-state index is 0.0712. The lowest BCUT2D eigenvalue weighted by Crippen LogP contribution is -2.21. The summed E-state index contributed by atoms with van der Waals surface area (Å²) >= 11 is 1.37. The maximum atomic E-state index is 12.8. The van der Waals surface area contributed by atoms with Crippen molar-refractivity contribution in [3.8, 4) is 6.07 Å². The van der Waals surface area contributed by atoms with Crippen LogP contribution in [0.2, 0.25) is 0 Å². The van der Waals surface area contributed by atoms with Crippen molar-refractivity contribution in [2.24, 2.45) is 0 Å². The topological polar surface area (TPSA) is 99.9 Å². The van der Waals surface area contributed by atoms with Gasteiger partial charge in [0, 0.05) is 18.9 Å². The fourth-order valence-electron chi connectivity index (χ4n) is 2.92. The second-order valence-electron chi connectivity index (χ2n) is 6.49. The smallest absolute Gasteiger partial charge is 0.261 e. The Bertz CT molecular complexity index is 1350. The number of nitrogens with zero attached hydrogens (tertiary/aromatic N) is 2. The monoisotopic (exact) mass is 433 g/mol. The van der Waals surface area contributed by atoms with Crippen molar-refractivity contribution in [1.29, 1.82) is 5.26 Å². The Morgan fingerprint density at radius 3 is 2.60 bits per heavy atom. The highest BCUT2D eigenvalue weighted by Gasteiger charge is 2.18. The second-order valence-corrected chi connectivity index (χ2v) is 9.53. The first-order valence-electron chi connectivity index (χ1n) is 8.93. The van der Waals surface area contributed by atoms with Gasteiger partial charge in [0.15, 0.2) is 0 Å². The third-order valence-electron chi connectivity index (χ3n) is 4.51. The number of benzene rings is 2. The molecule has 1 N–H and O–H groups in total.